The van der Waals surface area contributed by atoms with Gasteiger partial charge in [0.1, 0.15) is 0 Å². The molecule has 0 atom stereocenters. The Morgan fingerprint density at radius 1 is 0.519 bits per heavy atom. The zero-order chi connectivity index (χ0) is 18.9. The normalized spacial score (nSPS) is 9.81. The third-order valence-corrected chi connectivity index (χ3v) is 4.09. The molecule has 0 radical (unpaired) electrons. The molecule has 0 aromatic heterocycles. The van der Waals surface area contributed by atoms with Gasteiger partial charge in [-0.2, -0.15) is 0 Å². The predicted molar refractivity (Wildman–Crippen MR) is 117 cm³/mol. The molecular formula is C25H24N2. The molecule has 0 amide bonds. The van der Waals surface area contributed by atoms with Crippen LogP contribution in [-0.2, 0) is 0 Å². The van der Waals surface area contributed by atoms with Crippen molar-refractivity contribution in [2.24, 2.45) is 0 Å². The number of nitrogen functional groups attached to an aromatic ring is 1. The number of nitrogens with zero attached hydrogens (tertiary/aromatic N) is 1. The lowest BCUT2D eigenvalue weighted by Crippen LogP contribution is -2.09. The first-order valence-corrected chi connectivity index (χ1v) is 9.01. The fraction of sp³-hybridized carbons (Fsp3) is 0.0400. The second-order valence-electron chi connectivity index (χ2n) is 6.26. The summed E-state index contributed by atoms with van der Waals surface area (Å²) in [5.41, 5.74) is 11.0. The maximum Gasteiger partial charge on any atom is 0.0461 e. The van der Waals surface area contributed by atoms with E-state index in [1.807, 2.05) is 49.4 Å². The number of nitrogens with two attached hydrogens (primary N) is 1. The Morgan fingerprint density at radius 2 is 0.926 bits per heavy atom. The van der Waals surface area contributed by atoms with E-state index < -0.39 is 0 Å². The van der Waals surface area contributed by atoms with Gasteiger partial charge in [0.05, 0.1) is 0 Å². The molecule has 134 valence electrons. The van der Waals surface area contributed by atoms with Crippen LogP contribution in [0.5, 0.6) is 0 Å². The van der Waals surface area contributed by atoms with Crippen LogP contribution in [0.3, 0.4) is 0 Å². The quantitative estimate of drug-likeness (QED) is 0.414. The fourth-order valence-corrected chi connectivity index (χ4v) is 2.85. The van der Waals surface area contributed by atoms with Gasteiger partial charge in [-0.15, -0.1) is 0 Å². The molecule has 0 saturated carbocycles. The third-order valence-electron chi connectivity index (χ3n) is 4.09. The molecule has 0 aliphatic rings. The van der Waals surface area contributed by atoms with Crippen molar-refractivity contribution in [1.29, 1.82) is 0 Å². The van der Waals surface area contributed by atoms with Crippen LogP contribution in [0.25, 0.3) is 0 Å². The number of para-hydroxylation sites is 3. The lowest BCUT2D eigenvalue weighted by molar-refractivity contribution is 1.28. The molecular weight excluding hydrogens is 328 g/mol. The van der Waals surface area contributed by atoms with E-state index in [0.29, 0.717) is 0 Å². The molecule has 0 aliphatic heterocycles. The van der Waals surface area contributed by atoms with Gasteiger partial charge >= 0.3 is 0 Å². The first-order chi connectivity index (χ1) is 13.2. The van der Waals surface area contributed by atoms with Gasteiger partial charge in [0.15, 0.2) is 0 Å². The molecule has 2 nitrogen and oxygen atoms in total. The lowest BCUT2D eigenvalue weighted by Gasteiger charge is -2.25. The molecule has 0 heterocycles. The van der Waals surface area contributed by atoms with E-state index in [0.717, 1.165) is 5.69 Å². The van der Waals surface area contributed by atoms with E-state index in [1.54, 1.807) is 0 Å². The largest absolute Gasteiger partial charge is 0.399 e. The van der Waals surface area contributed by atoms with Gasteiger partial charge in [0, 0.05) is 22.7 Å². The zero-order valence-electron chi connectivity index (χ0n) is 15.5. The first-order valence-electron chi connectivity index (χ1n) is 9.01. The predicted octanol–water partition coefficient (Wildman–Crippen LogP) is 6.73. The van der Waals surface area contributed by atoms with Gasteiger partial charge < -0.3 is 10.6 Å². The lowest BCUT2D eigenvalue weighted by atomic mass is 10.2. The Hall–Kier alpha value is -3.52. The van der Waals surface area contributed by atoms with Crippen LogP contribution in [0.15, 0.2) is 115 Å². The molecule has 27 heavy (non-hydrogen) atoms. The second-order valence-corrected chi connectivity index (χ2v) is 6.26. The van der Waals surface area contributed by atoms with Crippen molar-refractivity contribution < 1.29 is 0 Å². The van der Waals surface area contributed by atoms with E-state index >= 15 is 0 Å². The van der Waals surface area contributed by atoms with Crippen LogP contribution in [0.2, 0.25) is 0 Å². The number of benzene rings is 4. The van der Waals surface area contributed by atoms with Gasteiger partial charge in [-0.3, -0.25) is 0 Å². The van der Waals surface area contributed by atoms with Crippen LogP contribution >= 0.6 is 0 Å². The van der Waals surface area contributed by atoms with Gasteiger partial charge in [-0.25, -0.2) is 0 Å². The van der Waals surface area contributed by atoms with Crippen molar-refractivity contribution in [3.8, 4) is 0 Å². The van der Waals surface area contributed by atoms with Crippen molar-refractivity contribution in [3.05, 3.63) is 121 Å². The molecule has 0 spiro atoms. The molecule has 0 saturated heterocycles. The maximum atomic E-state index is 5.46. The Labute approximate surface area is 161 Å². The Bertz CT molecular complexity index is 824. The molecule has 0 unspecified atom stereocenters. The number of rotatable bonds is 3. The summed E-state index contributed by atoms with van der Waals surface area (Å²) in [5, 5.41) is 0. The van der Waals surface area contributed by atoms with Crippen molar-refractivity contribution in [1.82, 2.24) is 0 Å². The number of anilines is 4. The average Bonchev–Trinajstić information content (AvgIpc) is 2.71. The summed E-state index contributed by atoms with van der Waals surface area (Å²) in [6.07, 6.45) is 0. The highest BCUT2D eigenvalue weighted by Crippen LogP contribution is 2.33. The summed E-state index contributed by atoms with van der Waals surface area (Å²) in [7, 11) is 0. The number of hydrogen-bond acceptors (Lipinski definition) is 2. The van der Waals surface area contributed by atoms with Gasteiger partial charge in [-0.1, -0.05) is 66.7 Å². The smallest absolute Gasteiger partial charge is 0.0461 e. The Morgan fingerprint density at radius 3 is 1.22 bits per heavy atom. The van der Waals surface area contributed by atoms with Gasteiger partial charge in [-0.05, 0) is 61.0 Å². The molecule has 2 heteroatoms. The minimum atomic E-state index is 0.838. The van der Waals surface area contributed by atoms with Gasteiger partial charge in [0.2, 0.25) is 0 Å². The molecule has 0 aliphatic carbocycles. The van der Waals surface area contributed by atoms with Crippen molar-refractivity contribution in [2.75, 3.05) is 10.6 Å². The Kier molecular flexibility index (Phi) is 6.26. The molecule has 0 fully saturated rings. The summed E-state index contributed by atoms with van der Waals surface area (Å²) in [6.45, 7) is 2.02. The Balaban J connectivity index is 0.000000221. The van der Waals surface area contributed by atoms with Crippen LogP contribution in [0.4, 0.5) is 22.7 Å². The van der Waals surface area contributed by atoms with Crippen molar-refractivity contribution in [2.45, 2.75) is 6.92 Å². The van der Waals surface area contributed by atoms with Crippen molar-refractivity contribution >= 4 is 22.7 Å². The van der Waals surface area contributed by atoms with Gasteiger partial charge in [0.25, 0.3) is 0 Å². The van der Waals surface area contributed by atoms with E-state index in [9.17, 15) is 0 Å². The SMILES string of the molecule is Cc1cccc(N)c1.c1ccc(N(c2ccccc2)c2ccccc2)cc1. The molecule has 4 rings (SSSR count). The summed E-state index contributed by atoms with van der Waals surface area (Å²) < 4.78 is 0. The monoisotopic (exact) mass is 352 g/mol. The topological polar surface area (TPSA) is 29.3 Å². The molecule has 4 aromatic carbocycles. The van der Waals surface area contributed by atoms with E-state index in [4.69, 9.17) is 5.73 Å². The second kappa shape index (κ2) is 9.25. The van der Waals surface area contributed by atoms with Crippen LogP contribution in [0.1, 0.15) is 5.56 Å². The highest BCUT2D eigenvalue weighted by atomic mass is 15.1. The van der Waals surface area contributed by atoms with Crippen LogP contribution < -0.4 is 10.6 Å². The summed E-state index contributed by atoms with van der Waals surface area (Å²) in [5.74, 6) is 0. The zero-order valence-corrected chi connectivity index (χ0v) is 15.5. The van der Waals surface area contributed by atoms with Crippen LogP contribution in [-0.4, -0.2) is 0 Å². The highest BCUT2D eigenvalue weighted by Gasteiger charge is 2.10. The summed E-state index contributed by atoms with van der Waals surface area (Å²) >= 11 is 0. The highest BCUT2D eigenvalue weighted by molar-refractivity contribution is 5.76. The fourth-order valence-electron chi connectivity index (χ4n) is 2.85. The minimum Gasteiger partial charge on any atom is -0.399 e. The molecule has 2 N–H and O–H groups in total. The molecule has 4 aromatic rings. The van der Waals surface area contributed by atoms with E-state index in [2.05, 4.69) is 77.7 Å². The maximum absolute atomic E-state index is 5.46. The van der Waals surface area contributed by atoms with E-state index in [-0.39, 0.29) is 0 Å². The number of hydrogen-bond donors (Lipinski definition) is 1. The summed E-state index contributed by atoms with van der Waals surface area (Å²) in [6, 6.07) is 39.0. The van der Waals surface area contributed by atoms with Crippen LogP contribution in [0, 0.1) is 6.92 Å². The third kappa shape index (κ3) is 5.23. The average molecular weight is 352 g/mol. The number of aryl methyl sites for hydroxylation is 1. The summed E-state index contributed by atoms with van der Waals surface area (Å²) in [4.78, 5) is 2.25. The minimum absolute atomic E-state index is 0.838. The standard InChI is InChI=1S/C18H15N.C7H9N/c1-4-10-16(11-5-1)19(17-12-6-2-7-13-17)18-14-8-3-9-15-18;1-6-3-2-4-7(8)5-6/h1-15H;2-5H,8H2,1H3. The van der Waals surface area contributed by atoms with Crippen molar-refractivity contribution in [3.63, 3.8) is 0 Å². The van der Waals surface area contributed by atoms with E-state index in [1.165, 1.54) is 22.6 Å². The first kappa shape index (κ1) is 18.3. The molecule has 0 bridgehead atoms.